The normalized spacial score (nSPS) is 11.2. The van der Waals surface area contributed by atoms with Gasteiger partial charge in [0, 0.05) is 5.56 Å². The first-order chi connectivity index (χ1) is 10.6. The van der Waals surface area contributed by atoms with Gasteiger partial charge in [-0.15, -0.1) is 0 Å². The fourth-order valence-electron chi connectivity index (χ4n) is 2.25. The van der Waals surface area contributed by atoms with Gasteiger partial charge in [0.15, 0.2) is 5.78 Å². The van der Waals surface area contributed by atoms with Gasteiger partial charge in [-0.2, -0.15) is 0 Å². The largest absolute Gasteiger partial charge is 0.289 e. The summed E-state index contributed by atoms with van der Waals surface area (Å²) in [6, 6.07) is 18.9. The first kappa shape index (κ1) is 14.8. The summed E-state index contributed by atoms with van der Waals surface area (Å²) in [5, 5.41) is 3.08. The third kappa shape index (κ3) is 3.06. The summed E-state index contributed by atoms with van der Waals surface area (Å²) in [7, 11) is 0. The molecule has 0 atom stereocenters. The van der Waals surface area contributed by atoms with Crippen molar-refractivity contribution >= 4 is 45.8 Å². The zero-order valence-electron chi connectivity index (χ0n) is 11.6. The van der Waals surface area contributed by atoms with Gasteiger partial charge in [-0.1, -0.05) is 71.7 Å². The van der Waals surface area contributed by atoms with E-state index in [0.29, 0.717) is 15.6 Å². The van der Waals surface area contributed by atoms with Crippen LogP contribution in [0.4, 0.5) is 0 Å². The molecule has 0 aliphatic carbocycles. The zero-order valence-corrected chi connectivity index (χ0v) is 13.1. The molecule has 1 nitrogen and oxygen atoms in total. The number of halogens is 2. The van der Waals surface area contributed by atoms with E-state index in [9.17, 15) is 4.79 Å². The maximum Gasteiger partial charge on any atom is 0.185 e. The quantitative estimate of drug-likeness (QED) is 0.423. The lowest BCUT2D eigenvalue weighted by Gasteiger charge is -2.01. The van der Waals surface area contributed by atoms with Crippen molar-refractivity contribution in [1.29, 1.82) is 0 Å². The Kier molecular flexibility index (Phi) is 4.28. The molecule has 0 saturated heterocycles. The smallest absolute Gasteiger partial charge is 0.185 e. The Morgan fingerprint density at radius 3 is 2.45 bits per heavy atom. The van der Waals surface area contributed by atoms with Crippen LogP contribution in [-0.4, -0.2) is 5.78 Å². The standard InChI is InChI=1S/C19H12Cl2O/c20-17-7-3-6-14(19(17)21)10-11-18(22)16-9-8-13-4-1-2-5-15(13)12-16/h1-12H/b11-10+. The topological polar surface area (TPSA) is 17.1 Å². The Labute approximate surface area is 138 Å². The van der Waals surface area contributed by atoms with Gasteiger partial charge in [0.25, 0.3) is 0 Å². The molecule has 0 aliphatic heterocycles. The van der Waals surface area contributed by atoms with Gasteiger partial charge in [-0.3, -0.25) is 4.79 Å². The zero-order chi connectivity index (χ0) is 15.5. The SMILES string of the molecule is O=C(/C=C/c1cccc(Cl)c1Cl)c1ccc2ccccc2c1. The molecule has 0 bridgehead atoms. The highest BCUT2D eigenvalue weighted by Crippen LogP contribution is 2.26. The van der Waals surface area contributed by atoms with E-state index in [0.717, 1.165) is 16.3 Å². The second-order valence-electron chi connectivity index (χ2n) is 4.90. The minimum atomic E-state index is -0.0678. The molecule has 0 spiro atoms. The molecule has 3 aromatic carbocycles. The van der Waals surface area contributed by atoms with E-state index in [1.807, 2.05) is 48.5 Å². The van der Waals surface area contributed by atoms with Gasteiger partial charge in [0.2, 0.25) is 0 Å². The highest BCUT2D eigenvalue weighted by atomic mass is 35.5. The van der Waals surface area contributed by atoms with E-state index in [1.54, 1.807) is 18.2 Å². The van der Waals surface area contributed by atoms with Gasteiger partial charge >= 0.3 is 0 Å². The molecule has 3 aromatic rings. The number of fused-ring (bicyclic) bond motifs is 1. The highest BCUT2D eigenvalue weighted by Gasteiger charge is 2.05. The van der Waals surface area contributed by atoms with Crippen molar-refractivity contribution in [1.82, 2.24) is 0 Å². The summed E-state index contributed by atoms with van der Waals surface area (Å²) in [5.74, 6) is -0.0678. The summed E-state index contributed by atoms with van der Waals surface area (Å²) in [4.78, 5) is 12.3. The van der Waals surface area contributed by atoms with Crippen molar-refractivity contribution < 1.29 is 4.79 Å². The molecule has 0 N–H and O–H groups in total. The molecule has 108 valence electrons. The lowest BCUT2D eigenvalue weighted by molar-refractivity contribution is 0.104. The van der Waals surface area contributed by atoms with Crippen molar-refractivity contribution in [2.45, 2.75) is 0 Å². The van der Waals surface area contributed by atoms with Crippen molar-refractivity contribution in [3.05, 3.63) is 87.9 Å². The molecule has 3 heteroatoms. The monoisotopic (exact) mass is 326 g/mol. The van der Waals surface area contributed by atoms with Gasteiger partial charge in [0.1, 0.15) is 0 Å². The Morgan fingerprint density at radius 2 is 1.64 bits per heavy atom. The molecule has 0 unspecified atom stereocenters. The second kappa shape index (κ2) is 6.35. The maximum atomic E-state index is 12.3. The van der Waals surface area contributed by atoms with E-state index in [4.69, 9.17) is 23.2 Å². The van der Waals surface area contributed by atoms with Gasteiger partial charge in [-0.05, 0) is 40.6 Å². The third-order valence-electron chi connectivity index (χ3n) is 3.43. The van der Waals surface area contributed by atoms with Gasteiger partial charge < -0.3 is 0 Å². The van der Waals surface area contributed by atoms with E-state index in [2.05, 4.69) is 0 Å². The average Bonchev–Trinajstić information content (AvgIpc) is 2.55. The lowest BCUT2D eigenvalue weighted by atomic mass is 10.0. The third-order valence-corrected chi connectivity index (χ3v) is 4.26. The molecule has 0 aliphatic rings. The van der Waals surface area contributed by atoms with E-state index >= 15 is 0 Å². The summed E-state index contributed by atoms with van der Waals surface area (Å²) in [6.07, 6.45) is 3.20. The number of hydrogen-bond donors (Lipinski definition) is 0. The lowest BCUT2D eigenvalue weighted by Crippen LogP contribution is -1.93. The molecule has 3 rings (SSSR count). The van der Waals surface area contributed by atoms with Crippen LogP contribution in [0.3, 0.4) is 0 Å². The van der Waals surface area contributed by atoms with Crippen LogP contribution in [0.15, 0.2) is 66.7 Å². The summed E-state index contributed by atoms with van der Waals surface area (Å²) >= 11 is 12.1. The molecule has 0 radical (unpaired) electrons. The van der Waals surface area contributed by atoms with Crippen molar-refractivity contribution in [2.75, 3.05) is 0 Å². The number of carbonyl (C=O) groups excluding carboxylic acids is 1. The Morgan fingerprint density at radius 1 is 0.864 bits per heavy atom. The number of benzene rings is 3. The number of carbonyl (C=O) groups is 1. The van der Waals surface area contributed by atoms with Crippen LogP contribution >= 0.6 is 23.2 Å². The average molecular weight is 327 g/mol. The maximum absolute atomic E-state index is 12.3. The predicted molar refractivity (Wildman–Crippen MR) is 93.8 cm³/mol. The molecule has 0 amide bonds. The Hall–Kier alpha value is -2.09. The van der Waals surface area contributed by atoms with Crippen LogP contribution in [-0.2, 0) is 0 Å². The van der Waals surface area contributed by atoms with E-state index in [1.165, 1.54) is 6.08 Å². The minimum Gasteiger partial charge on any atom is -0.289 e. The van der Waals surface area contributed by atoms with Crippen LogP contribution in [0.5, 0.6) is 0 Å². The molecule has 0 aromatic heterocycles. The molecular formula is C19H12Cl2O. The van der Waals surface area contributed by atoms with Gasteiger partial charge in [-0.25, -0.2) is 0 Å². The first-order valence-corrected chi connectivity index (χ1v) is 7.56. The highest BCUT2D eigenvalue weighted by molar-refractivity contribution is 6.42. The van der Waals surface area contributed by atoms with Crippen LogP contribution in [0.1, 0.15) is 15.9 Å². The van der Waals surface area contributed by atoms with Crippen LogP contribution < -0.4 is 0 Å². The summed E-state index contributed by atoms with van der Waals surface area (Å²) in [5.41, 5.74) is 1.37. The van der Waals surface area contributed by atoms with E-state index in [-0.39, 0.29) is 5.78 Å². The number of rotatable bonds is 3. The molecule has 0 fully saturated rings. The number of hydrogen-bond acceptors (Lipinski definition) is 1. The fourth-order valence-corrected chi connectivity index (χ4v) is 2.62. The van der Waals surface area contributed by atoms with Crippen molar-refractivity contribution in [3.8, 4) is 0 Å². The van der Waals surface area contributed by atoms with Crippen molar-refractivity contribution in [2.24, 2.45) is 0 Å². The Bertz CT molecular complexity index is 881. The molecule has 22 heavy (non-hydrogen) atoms. The molecule has 0 heterocycles. The summed E-state index contributed by atoms with van der Waals surface area (Å²) < 4.78 is 0. The number of ketones is 1. The van der Waals surface area contributed by atoms with E-state index < -0.39 is 0 Å². The van der Waals surface area contributed by atoms with Crippen LogP contribution in [0.2, 0.25) is 10.0 Å². The minimum absolute atomic E-state index is 0.0678. The van der Waals surface area contributed by atoms with Crippen LogP contribution in [0, 0.1) is 0 Å². The molecular weight excluding hydrogens is 315 g/mol. The van der Waals surface area contributed by atoms with Gasteiger partial charge in [0.05, 0.1) is 10.0 Å². The number of allylic oxidation sites excluding steroid dienone is 1. The molecule has 0 saturated carbocycles. The van der Waals surface area contributed by atoms with Crippen LogP contribution in [0.25, 0.3) is 16.8 Å². The predicted octanol–water partition coefficient (Wildman–Crippen LogP) is 6.04. The summed E-state index contributed by atoms with van der Waals surface area (Å²) in [6.45, 7) is 0. The van der Waals surface area contributed by atoms with Crippen molar-refractivity contribution in [3.63, 3.8) is 0 Å². The first-order valence-electron chi connectivity index (χ1n) is 6.80. The second-order valence-corrected chi connectivity index (χ2v) is 5.69. The Balaban J connectivity index is 1.89. The fraction of sp³-hybridized carbons (Fsp3) is 0.